The predicted molar refractivity (Wildman–Crippen MR) is 138 cm³/mol. The number of pyridine rings is 1. The van der Waals surface area contributed by atoms with Crippen LogP contribution in [0.3, 0.4) is 0 Å². The molecule has 1 saturated carbocycles. The van der Waals surface area contributed by atoms with Gasteiger partial charge in [0.05, 0.1) is 23.0 Å². The molecule has 1 amide bonds. The molecule has 2 aromatic carbocycles. The average molecular weight is 685 g/mol. The molecular formula is C23H18F6IN5O3S. The number of alkyl halides is 2. The van der Waals surface area contributed by atoms with Crippen LogP contribution in [0.1, 0.15) is 27.9 Å². The lowest BCUT2D eigenvalue weighted by molar-refractivity contribution is 0.0849. The van der Waals surface area contributed by atoms with Gasteiger partial charge in [0.25, 0.3) is 22.0 Å². The van der Waals surface area contributed by atoms with Gasteiger partial charge in [0, 0.05) is 29.7 Å². The second kappa shape index (κ2) is 10.8. The zero-order valence-electron chi connectivity index (χ0n) is 19.7. The van der Waals surface area contributed by atoms with E-state index in [-0.39, 0.29) is 11.3 Å². The number of nitrogens with one attached hydrogen (secondary N) is 4. The third-order valence-corrected chi connectivity index (χ3v) is 7.37. The van der Waals surface area contributed by atoms with E-state index >= 15 is 8.78 Å². The molecule has 1 heterocycles. The fourth-order valence-electron chi connectivity index (χ4n) is 3.51. The van der Waals surface area contributed by atoms with Gasteiger partial charge in [-0.15, -0.1) is 0 Å². The van der Waals surface area contributed by atoms with Crippen LogP contribution in [-0.2, 0) is 16.6 Å². The highest BCUT2D eigenvalue weighted by molar-refractivity contribution is 14.1. The number of amides is 1. The minimum Gasteiger partial charge on any atom is -0.350 e. The molecule has 1 fully saturated rings. The van der Waals surface area contributed by atoms with Crippen molar-refractivity contribution >= 4 is 55.9 Å². The topological polar surface area (TPSA) is 112 Å². The van der Waals surface area contributed by atoms with Crippen LogP contribution in [0.25, 0.3) is 0 Å². The molecule has 0 saturated heterocycles. The third kappa shape index (κ3) is 6.38. The second-order valence-corrected chi connectivity index (χ2v) is 11.3. The van der Waals surface area contributed by atoms with Gasteiger partial charge in [0.1, 0.15) is 5.82 Å². The van der Waals surface area contributed by atoms with E-state index in [2.05, 4.69) is 10.3 Å². The van der Waals surface area contributed by atoms with Gasteiger partial charge in [0.2, 0.25) is 0 Å². The lowest BCUT2D eigenvalue weighted by Gasteiger charge is -2.17. The maximum absolute atomic E-state index is 15.3. The first-order chi connectivity index (χ1) is 18.2. The molecule has 16 heteroatoms. The molecule has 208 valence electrons. The van der Waals surface area contributed by atoms with Crippen molar-refractivity contribution in [2.75, 3.05) is 17.1 Å². The van der Waals surface area contributed by atoms with Crippen LogP contribution in [0.2, 0.25) is 0 Å². The molecule has 1 aliphatic carbocycles. The lowest BCUT2D eigenvalue weighted by atomic mass is 9.99. The predicted octanol–water partition coefficient (Wildman–Crippen LogP) is 4.59. The van der Waals surface area contributed by atoms with E-state index in [4.69, 9.17) is 0 Å². The zero-order valence-corrected chi connectivity index (χ0v) is 22.7. The number of rotatable bonds is 9. The summed E-state index contributed by atoms with van der Waals surface area (Å²) in [6, 6.07) is 4.09. The minimum atomic E-state index is -4.16. The number of aromatic nitrogens is 1. The molecule has 3 aromatic rings. The minimum absolute atomic E-state index is 0.325. The average Bonchev–Trinajstić information content (AvgIpc) is 3.47. The number of carbonyl (C=O) groups excluding carboxylic acids is 1. The maximum Gasteiger partial charge on any atom is 0.300 e. The first-order valence-electron chi connectivity index (χ1n) is 11.0. The highest BCUT2D eigenvalue weighted by Gasteiger charge is 2.58. The second-order valence-electron chi connectivity index (χ2n) is 8.45. The van der Waals surface area contributed by atoms with E-state index < -0.39 is 86.8 Å². The van der Waals surface area contributed by atoms with Crippen molar-refractivity contribution in [1.82, 2.24) is 15.0 Å². The molecular weight excluding hydrogens is 667 g/mol. The smallest absolute Gasteiger partial charge is 0.300 e. The zero-order chi connectivity index (χ0) is 28.7. The highest BCUT2D eigenvalue weighted by Crippen LogP contribution is 2.42. The number of halogens is 7. The molecule has 0 spiro atoms. The van der Waals surface area contributed by atoms with Crippen LogP contribution in [-0.4, -0.2) is 38.3 Å². The van der Waals surface area contributed by atoms with E-state index in [1.165, 1.54) is 12.1 Å². The Morgan fingerprint density at radius 3 is 2.38 bits per heavy atom. The van der Waals surface area contributed by atoms with E-state index in [0.717, 1.165) is 31.4 Å². The van der Waals surface area contributed by atoms with Gasteiger partial charge in [-0.25, -0.2) is 36.0 Å². The molecule has 0 radical (unpaired) electrons. The summed E-state index contributed by atoms with van der Waals surface area (Å²) in [5.41, 5.74) is -2.69. The Hall–Kier alpha value is -3.12. The first kappa shape index (κ1) is 28.9. The lowest BCUT2D eigenvalue weighted by Crippen LogP contribution is -2.30. The molecule has 0 bridgehead atoms. The van der Waals surface area contributed by atoms with Crippen LogP contribution in [0, 0.1) is 26.8 Å². The Bertz CT molecular complexity index is 1570. The molecule has 39 heavy (non-hydrogen) atoms. The Morgan fingerprint density at radius 1 is 1.08 bits per heavy atom. The summed E-state index contributed by atoms with van der Waals surface area (Å²) in [5, 5.41) is 4.33. The van der Waals surface area contributed by atoms with Crippen molar-refractivity contribution in [3.8, 4) is 0 Å². The van der Waals surface area contributed by atoms with Crippen molar-refractivity contribution in [2.24, 2.45) is 0 Å². The molecule has 4 rings (SSSR count). The summed E-state index contributed by atoms with van der Waals surface area (Å²) in [5.74, 6) is -10.4. The number of nitrogens with zero attached hydrogens (tertiary/aromatic N) is 1. The SMILES string of the molecule is CNS(=O)(=O)Nc1nccc(Cc2cc(C(=O)N[C@@H]3CC3(F)F)c(Nc3ccc(I)cc3F)c(F)c2F)c1F. The van der Waals surface area contributed by atoms with E-state index in [1.54, 1.807) is 0 Å². The van der Waals surface area contributed by atoms with Gasteiger partial charge >= 0.3 is 0 Å². The van der Waals surface area contributed by atoms with E-state index in [1.807, 2.05) is 37.4 Å². The third-order valence-electron chi connectivity index (χ3n) is 5.70. The molecule has 1 aliphatic rings. The first-order valence-corrected chi connectivity index (χ1v) is 13.5. The normalized spacial score (nSPS) is 16.1. The number of anilines is 3. The fourth-order valence-corrected chi connectivity index (χ4v) is 4.47. The Labute approximate surface area is 231 Å². The number of hydrogen-bond acceptors (Lipinski definition) is 5. The van der Waals surface area contributed by atoms with Crippen LogP contribution >= 0.6 is 22.6 Å². The summed E-state index contributed by atoms with van der Waals surface area (Å²) in [6.45, 7) is 0. The Morgan fingerprint density at radius 2 is 1.77 bits per heavy atom. The standard InChI is InChI=1S/C23H18F6IN5O3S/c1-31-39(37,38)35-21-18(26)10(4-5-32-21)6-11-7-13(22(36)34-16-9-23(16,28)29)20(19(27)17(11)25)33-15-3-2-12(30)8-14(15)24/h2-5,7-8,16,31,33H,6,9H2,1H3,(H,32,35)(H,34,36)/t16-/m1/s1. The van der Waals surface area contributed by atoms with E-state index in [0.29, 0.717) is 3.57 Å². The molecule has 4 N–H and O–H groups in total. The van der Waals surface area contributed by atoms with Crippen LogP contribution in [0.15, 0.2) is 36.5 Å². The number of benzene rings is 2. The fraction of sp³-hybridized carbons (Fsp3) is 0.217. The van der Waals surface area contributed by atoms with Gasteiger partial charge in [0.15, 0.2) is 23.3 Å². The van der Waals surface area contributed by atoms with E-state index in [9.17, 15) is 30.8 Å². The van der Waals surface area contributed by atoms with Crippen molar-refractivity contribution in [3.63, 3.8) is 0 Å². The van der Waals surface area contributed by atoms with Gasteiger partial charge < -0.3 is 10.6 Å². The van der Waals surface area contributed by atoms with Crippen LogP contribution in [0.4, 0.5) is 43.5 Å². The summed E-state index contributed by atoms with van der Waals surface area (Å²) in [4.78, 5) is 16.4. The van der Waals surface area contributed by atoms with Gasteiger partial charge in [-0.1, -0.05) is 0 Å². The monoisotopic (exact) mass is 685 g/mol. The Kier molecular flexibility index (Phi) is 8.00. The van der Waals surface area contributed by atoms with Gasteiger partial charge in [-0.05, 0) is 64.0 Å². The number of hydrogen-bond donors (Lipinski definition) is 4. The summed E-state index contributed by atoms with van der Waals surface area (Å²) < 4.78 is 114. The van der Waals surface area contributed by atoms with Crippen molar-refractivity contribution in [2.45, 2.75) is 24.8 Å². The maximum atomic E-state index is 15.3. The molecule has 8 nitrogen and oxygen atoms in total. The van der Waals surface area contributed by atoms with Crippen LogP contribution in [0.5, 0.6) is 0 Å². The molecule has 1 atom stereocenters. The highest BCUT2D eigenvalue weighted by atomic mass is 127. The summed E-state index contributed by atoms with van der Waals surface area (Å²) in [7, 11) is -3.10. The molecule has 0 aliphatic heterocycles. The summed E-state index contributed by atoms with van der Waals surface area (Å²) in [6.07, 6.45) is -0.334. The largest absolute Gasteiger partial charge is 0.350 e. The summed E-state index contributed by atoms with van der Waals surface area (Å²) >= 11 is 1.82. The molecule has 1 aromatic heterocycles. The van der Waals surface area contributed by atoms with Gasteiger partial charge in [-0.2, -0.15) is 8.42 Å². The van der Waals surface area contributed by atoms with Crippen molar-refractivity contribution < 1.29 is 39.6 Å². The Balaban J connectivity index is 1.76. The van der Waals surface area contributed by atoms with Crippen LogP contribution < -0.4 is 20.1 Å². The van der Waals surface area contributed by atoms with Crippen molar-refractivity contribution in [1.29, 1.82) is 0 Å². The quantitative estimate of drug-likeness (QED) is 0.195. The van der Waals surface area contributed by atoms with Crippen molar-refractivity contribution in [3.05, 3.63) is 80.1 Å². The van der Waals surface area contributed by atoms with Gasteiger partial charge in [-0.3, -0.25) is 9.52 Å². The number of carbonyl (C=O) groups is 1. The molecule has 0 unspecified atom stereocenters.